The number of pyridine rings is 1. The van der Waals surface area contributed by atoms with E-state index in [1.807, 2.05) is 13.8 Å². The standard InChI is InChI=1S/C13H17NO3/c1-8(2)13(16)17-7-10-4-12(10)9-3-11(15)6-14-5-9/h3,5-6,8,10,12,15H,4,7H2,1-2H3/t10-,12?/m0/s1. The predicted octanol–water partition coefficient (Wildman–Crippen LogP) is 2.09. The molecule has 0 amide bonds. The van der Waals surface area contributed by atoms with Crippen LogP contribution in [0.5, 0.6) is 5.75 Å². The summed E-state index contributed by atoms with van der Waals surface area (Å²) in [5.41, 5.74) is 1.02. The molecule has 2 atom stereocenters. The third-order valence-corrected chi connectivity index (χ3v) is 3.01. The summed E-state index contributed by atoms with van der Waals surface area (Å²) in [5.74, 6) is 0.711. The van der Waals surface area contributed by atoms with Gasteiger partial charge in [0.05, 0.1) is 18.7 Å². The Morgan fingerprint density at radius 2 is 2.35 bits per heavy atom. The molecule has 1 aromatic heterocycles. The SMILES string of the molecule is CC(C)C(=O)OC[C@@H]1CC1c1cncc(O)c1. The van der Waals surface area contributed by atoms with Gasteiger partial charge in [-0.1, -0.05) is 13.8 Å². The van der Waals surface area contributed by atoms with E-state index in [9.17, 15) is 9.90 Å². The number of nitrogens with zero attached hydrogens (tertiary/aromatic N) is 1. The molecule has 1 saturated carbocycles. The first-order valence-electron chi connectivity index (χ1n) is 5.88. The lowest BCUT2D eigenvalue weighted by molar-refractivity contribution is -0.147. The number of rotatable bonds is 4. The number of hydrogen-bond donors (Lipinski definition) is 1. The van der Waals surface area contributed by atoms with Crippen LogP contribution in [0.25, 0.3) is 0 Å². The van der Waals surface area contributed by atoms with Gasteiger partial charge in [0.25, 0.3) is 0 Å². The van der Waals surface area contributed by atoms with Crippen LogP contribution in [0, 0.1) is 11.8 Å². The minimum atomic E-state index is -0.148. The maximum atomic E-state index is 11.3. The molecule has 1 fully saturated rings. The van der Waals surface area contributed by atoms with Crippen molar-refractivity contribution in [2.24, 2.45) is 11.8 Å². The minimum absolute atomic E-state index is 0.0744. The van der Waals surface area contributed by atoms with Crippen LogP contribution in [0.1, 0.15) is 31.7 Å². The van der Waals surface area contributed by atoms with Gasteiger partial charge >= 0.3 is 5.97 Å². The molecular weight excluding hydrogens is 218 g/mol. The lowest BCUT2D eigenvalue weighted by Gasteiger charge is -2.06. The number of aromatic hydroxyl groups is 1. The normalized spacial score (nSPS) is 22.5. The molecule has 1 unspecified atom stereocenters. The van der Waals surface area contributed by atoms with Crippen molar-refractivity contribution >= 4 is 5.97 Å². The Hall–Kier alpha value is -1.58. The summed E-state index contributed by atoms with van der Waals surface area (Å²) in [6.07, 6.45) is 4.17. The molecule has 1 N–H and O–H groups in total. The van der Waals surface area contributed by atoms with Gasteiger partial charge in [0.1, 0.15) is 5.75 Å². The second-order valence-corrected chi connectivity index (χ2v) is 4.86. The lowest BCUT2D eigenvalue weighted by Crippen LogP contribution is -2.13. The molecule has 17 heavy (non-hydrogen) atoms. The van der Waals surface area contributed by atoms with E-state index in [0.29, 0.717) is 18.4 Å². The van der Waals surface area contributed by atoms with Gasteiger partial charge in [0.15, 0.2) is 0 Å². The summed E-state index contributed by atoms with van der Waals surface area (Å²) in [4.78, 5) is 15.2. The zero-order chi connectivity index (χ0) is 12.4. The molecule has 0 radical (unpaired) electrons. The van der Waals surface area contributed by atoms with Gasteiger partial charge in [0, 0.05) is 12.1 Å². The highest BCUT2D eigenvalue weighted by Gasteiger charge is 2.39. The molecule has 0 aliphatic heterocycles. The van der Waals surface area contributed by atoms with Gasteiger partial charge in [-0.3, -0.25) is 9.78 Å². The topological polar surface area (TPSA) is 59.4 Å². The fraction of sp³-hybridized carbons (Fsp3) is 0.538. The number of ether oxygens (including phenoxy) is 1. The van der Waals surface area contributed by atoms with Crippen LogP contribution in [-0.4, -0.2) is 22.7 Å². The van der Waals surface area contributed by atoms with Gasteiger partial charge < -0.3 is 9.84 Å². The Kier molecular flexibility index (Phi) is 3.31. The van der Waals surface area contributed by atoms with Crippen molar-refractivity contribution in [2.75, 3.05) is 6.61 Å². The summed E-state index contributed by atoms with van der Waals surface area (Å²) in [7, 11) is 0. The summed E-state index contributed by atoms with van der Waals surface area (Å²) < 4.78 is 5.19. The fourth-order valence-electron chi connectivity index (χ4n) is 1.84. The number of esters is 1. The van der Waals surface area contributed by atoms with Gasteiger partial charge in [-0.05, 0) is 24.0 Å². The van der Waals surface area contributed by atoms with Gasteiger partial charge in [0.2, 0.25) is 0 Å². The van der Waals surface area contributed by atoms with Crippen molar-refractivity contribution in [1.29, 1.82) is 0 Å². The largest absolute Gasteiger partial charge is 0.506 e. The van der Waals surface area contributed by atoms with Gasteiger partial charge in [-0.2, -0.15) is 0 Å². The van der Waals surface area contributed by atoms with E-state index >= 15 is 0 Å². The second-order valence-electron chi connectivity index (χ2n) is 4.86. The lowest BCUT2D eigenvalue weighted by atomic mass is 10.1. The Morgan fingerprint density at radius 1 is 1.59 bits per heavy atom. The van der Waals surface area contributed by atoms with E-state index in [4.69, 9.17) is 4.74 Å². The average Bonchev–Trinajstić information content (AvgIpc) is 3.05. The molecular formula is C13H17NO3. The number of carbonyl (C=O) groups excluding carboxylic acids is 1. The summed E-state index contributed by atoms with van der Waals surface area (Å²) in [5, 5.41) is 9.32. The third-order valence-electron chi connectivity index (χ3n) is 3.01. The van der Waals surface area contributed by atoms with Crippen LogP contribution in [0.2, 0.25) is 0 Å². The van der Waals surface area contributed by atoms with Gasteiger partial charge in [-0.15, -0.1) is 0 Å². The second kappa shape index (κ2) is 4.73. The zero-order valence-corrected chi connectivity index (χ0v) is 10.1. The van der Waals surface area contributed by atoms with Crippen LogP contribution >= 0.6 is 0 Å². The van der Waals surface area contributed by atoms with E-state index in [-0.39, 0.29) is 17.6 Å². The summed E-state index contributed by atoms with van der Waals surface area (Å²) in [6, 6.07) is 1.72. The van der Waals surface area contributed by atoms with Crippen molar-refractivity contribution in [3.63, 3.8) is 0 Å². The number of carbonyl (C=O) groups is 1. The van der Waals surface area contributed by atoms with Gasteiger partial charge in [-0.25, -0.2) is 0 Å². The third kappa shape index (κ3) is 2.96. The van der Waals surface area contributed by atoms with Crippen molar-refractivity contribution in [1.82, 2.24) is 4.98 Å². The van der Waals surface area contributed by atoms with Crippen LogP contribution in [-0.2, 0) is 9.53 Å². The van der Waals surface area contributed by atoms with Crippen LogP contribution in [0.15, 0.2) is 18.5 Å². The quantitative estimate of drug-likeness (QED) is 0.812. The molecule has 4 nitrogen and oxygen atoms in total. The molecule has 1 aliphatic rings. The van der Waals surface area contributed by atoms with Crippen molar-refractivity contribution < 1.29 is 14.6 Å². The first kappa shape index (κ1) is 11.9. The van der Waals surface area contributed by atoms with Crippen molar-refractivity contribution in [3.05, 3.63) is 24.0 Å². The Morgan fingerprint density at radius 3 is 3.00 bits per heavy atom. The first-order chi connectivity index (χ1) is 8.08. The summed E-state index contributed by atoms with van der Waals surface area (Å²) in [6.45, 7) is 4.12. The maximum absolute atomic E-state index is 11.3. The Labute approximate surface area is 101 Å². The summed E-state index contributed by atoms with van der Waals surface area (Å²) >= 11 is 0. The van der Waals surface area contributed by atoms with Crippen LogP contribution < -0.4 is 0 Å². The van der Waals surface area contributed by atoms with Crippen molar-refractivity contribution in [2.45, 2.75) is 26.2 Å². The van der Waals surface area contributed by atoms with E-state index in [1.54, 1.807) is 12.3 Å². The molecule has 92 valence electrons. The molecule has 1 aliphatic carbocycles. The van der Waals surface area contributed by atoms with E-state index in [2.05, 4.69) is 4.98 Å². The van der Waals surface area contributed by atoms with E-state index < -0.39 is 0 Å². The minimum Gasteiger partial charge on any atom is -0.506 e. The zero-order valence-electron chi connectivity index (χ0n) is 10.1. The Balaban J connectivity index is 1.83. The maximum Gasteiger partial charge on any atom is 0.308 e. The highest BCUT2D eigenvalue weighted by molar-refractivity contribution is 5.71. The first-order valence-corrected chi connectivity index (χ1v) is 5.88. The molecule has 4 heteroatoms. The fourth-order valence-corrected chi connectivity index (χ4v) is 1.84. The van der Waals surface area contributed by atoms with E-state index in [1.165, 1.54) is 6.20 Å². The van der Waals surface area contributed by atoms with Crippen LogP contribution in [0.3, 0.4) is 0 Å². The highest BCUT2D eigenvalue weighted by Crippen LogP contribution is 2.47. The molecule has 1 heterocycles. The predicted molar refractivity (Wildman–Crippen MR) is 62.5 cm³/mol. The van der Waals surface area contributed by atoms with Crippen LogP contribution in [0.4, 0.5) is 0 Å². The van der Waals surface area contributed by atoms with E-state index in [0.717, 1.165) is 12.0 Å². The van der Waals surface area contributed by atoms with Crippen molar-refractivity contribution in [3.8, 4) is 5.75 Å². The monoisotopic (exact) mass is 235 g/mol. The molecule has 0 bridgehead atoms. The molecule has 0 spiro atoms. The average molecular weight is 235 g/mol. The molecule has 0 saturated heterocycles. The smallest absolute Gasteiger partial charge is 0.308 e. The molecule has 1 aromatic rings. The number of hydrogen-bond acceptors (Lipinski definition) is 4. The molecule has 0 aromatic carbocycles. The number of aromatic nitrogens is 1. The highest BCUT2D eigenvalue weighted by atomic mass is 16.5. The molecule has 2 rings (SSSR count). The Bertz CT molecular complexity index is 417.